The summed E-state index contributed by atoms with van der Waals surface area (Å²) in [5.74, 6) is 0.364. The van der Waals surface area contributed by atoms with Crippen LogP contribution in [0.15, 0.2) is 29.2 Å². The summed E-state index contributed by atoms with van der Waals surface area (Å²) in [6.45, 7) is 0.477. The monoisotopic (exact) mass is 365 g/mol. The fourth-order valence-corrected chi connectivity index (χ4v) is 4.50. The Balaban J connectivity index is 2.01. The van der Waals surface area contributed by atoms with Crippen molar-refractivity contribution >= 4 is 37.6 Å². The lowest BCUT2D eigenvalue weighted by atomic mass is 9.89. The summed E-state index contributed by atoms with van der Waals surface area (Å²) in [7, 11) is -3.46. The highest BCUT2D eigenvalue weighted by atomic mass is 79.9. The Morgan fingerprint density at radius 2 is 2.05 bits per heavy atom. The first-order valence-corrected chi connectivity index (χ1v) is 9.16. The van der Waals surface area contributed by atoms with E-state index in [4.69, 9.17) is 11.6 Å². The molecule has 6 heteroatoms. The Morgan fingerprint density at radius 3 is 2.74 bits per heavy atom. The predicted octanol–water partition coefficient (Wildman–Crippen LogP) is 3.57. The summed E-state index contributed by atoms with van der Waals surface area (Å²) in [6, 6.07) is 6.33. The van der Waals surface area contributed by atoms with Gasteiger partial charge in [0.1, 0.15) is 0 Å². The number of halogens is 2. The minimum Gasteiger partial charge on any atom is -0.211 e. The van der Waals surface area contributed by atoms with Crippen molar-refractivity contribution in [1.29, 1.82) is 0 Å². The SMILES string of the molecule is O=S(=O)(NCC1CCCCC1Br)c1cccc(Cl)c1. The maximum absolute atomic E-state index is 12.1. The number of rotatable bonds is 4. The number of benzene rings is 1. The van der Waals surface area contributed by atoms with E-state index in [-0.39, 0.29) is 4.90 Å². The minimum atomic E-state index is -3.46. The molecule has 1 aromatic carbocycles. The van der Waals surface area contributed by atoms with Gasteiger partial charge in [-0.15, -0.1) is 0 Å². The molecular weight excluding hydrogens is 350 g/mol. The molecule has 19 heavy (non-hydrogen) atoms. The average molecular weight is 367 g/mol. The van der Waals surface area contributed by atoms with Crippen molar-refractivity contribution in [1.82, 2.24) is 4.72 Å². The van der Waals surface area contributed by atoms with Gasteiger partial charge in [-0.2, -0.15) is 0 Å². The van der Waals surface area contributed by atoms with Gasteiger partial charge in [-0.05, 0) is 37.0 Å². The zero-order chi connectivity index (χ0) is 13.9. The van der Waals surface area contributed by atoms with Crippen LogP contribution in [-0.4, -0.2) is 19.8 Å². The first-order chi connectivity index (χ1) is 8.99. The van der Waals surface area contributed by atoms with Crippen molar-refractivity contribution < 1.29 is 8.42 Å². The van der Waals surface area contributed by atoms with Gasteiger partial charge in [0.25, 0.3) is 0 Å². The number of hydrogen-bond acceptors (Lipinski definition) is 2. The highest BCUT2D eigenvalue weighted by Gasteiger charge is 2.24. The second-order valence-corrected chi connectivity index (χ2v) is 8.25. The summed E-state index contributed by atoms with van der Waals surface area (Å²) in [4.78, 5) is 0.630. The number of sulfonamides is 1. The van der Waals surface area contributed by atoms with Crippen LogP contribution in [0, 0.1) is 5.92 Å². The quantitative estimate of drug-likeness (QED) is 0.828. The highest BCUT2D eigenvalue weighted by Crippen LogP contribution is 2.29. The summed E-state index contributed by atoms with van der Waals surface area (Å²) in [5, 5.41) is 0.430. The predicted molar refractivity (Wildman–Crippen MR) is 81.3 cm³/mol. The summed E-state index contributed by atoms with van der Waals surface area (Å²) in [5.41, 5.74) is 0. The van der Waals surface area contributed by atoms with Gasteiger partial charge in [0.05, 0.1) is 4.90 Å². The van der Waals surface area contributed by atoms with Crippen LogP contribution in [-0.2, 0) is 10.0 Å². The number of alkyl halides is 1. The van der Waals surface area contributed by atoms with E-state index >= 15 is 0 Å². The largest absolute Gasteiger partial charge is 0.240 e. The van der Waals surface area contributed by atoms with Crippen LogP contribution < -0.4 is 4.72 Å². The van der Waals surface area contributed by atoms with Gasteiger partial charge in [0.15, 0.2) is 0 Å². The molecule has 0 bridgehead atoms. The van der Waals surface area contributed by atoms with Crippen LogP contribution in [0.4, 0.5) is 0 Å². The van der Waals surface area contributed by atoms with E-state index in [1.54, 1.807) is 18.2 Å². The van der Waals surface area contributed by atoms with Crippen LogP contribution in [0.5, 0.6) is 0 Å². The lowest BCUT2D eigenvalue weighted by Gasteiger charge is -2.27. The van der Waals surface area contributed by atoms with E-state index in [2.05, 4.69) is 20.7 Å². The van der Waals surface area contributed by atoms with E-state index in [9.17, 15) is 8.42 Å². The first-order valence-electron chi connectivity index (χ1n) is 6.38. The Kier molecular flexibility index (Phi) is 5.29. The maximum Gasteiger partial charge on any atom is 0.240 e. The van der Waals surface area contributed by atoms with Crippen LogP contribution in [0.25, 0.3) is 0 Å². The minimum absolute atomic E-state index is 0.224. The summed E-state index contributed by atoms with van der Waals surface area (Å²) in [6.07, 6.45) is 4.57. The molecule has 1 aliphatic rings. The standard InChI is InChI=1S/C13H17BrClNO2S/c14-13-7-2-1-4-10(13)9-16-19(17,18)12-6-3-5-11(15)8-12/h3,5-6,8,10,13,16H,1-2,4,7,9H2. The molecule has 0 heterocycles. The Hall–Kier alpha value is -0.100. The topological polar surface area (TPSA) is 46.2 Å². The molecule has 2 atom stereocenters. The zero-order valence-corrected chi connectivity index (χ0v) is 13.6. The van der Waals surface area contributed by atoms with Crippen LogP contribution >= 0.6 is 27.5 Å². The van der Waals surface area contributed by atoms with Crippen LogP contribution in [0.1, 0.15) is 25.7 Å². The highest BCUT2D eigenvalue weighted by molar-refractivity contribution is 9.09. The van der Waals surface area contributed by atoms with Crippen molar-refractivity contribution in [2.75, 3.05) is 6.54 Å². The molecule has 2 rings (SSSR count). The second kappa shape index (κ2) is 6.57. The van der Waals surface area contributed by atoms with Gasteiger partial charge >= 0.3 is 0 Å². The fourth-order valence-electron chi connectivity index (χ4n) is 2.33. The fraction of sp³-hybridized carbons (Fsp3) is 0.538. The van der Waals surface area contributed by atoms with Gasteiger partial charge in [-0.3, -0.25) is 0 Å². The third-order valence-corrected chi connectivity index (χ3v) is 6.32. The molecule has 1 N–H and O–H groups in total. The van der Waals surface area contributed by atoms with Gasteiger partial charge < -0.3 is 0 Å². The maximum atomic E-state index is 12.1. The molecule has 0 spiro atoms. The van der Waals surface area contributed by atoms with E-state index in [0.29, 0.717) is 22.3 Å². The molecule has 0 aliphatic heterocycles. The van der Waals surface area contributed by atoms with E-state index in [0.717, 1.165) is 12.8 Å². The Morgan fingerprint density at radius 1 is 1.32 bits per heavy atom. The molecule has 106 valence electrons. The van der Waals surface area contributed by atoms with E-state index < -0.39 is 10.0 Å². The third kappa shape index (κ3) is 4.18. The lowest BCUT2D eigenvalue weighted by molar-refractivity contribution is 0.373. The summed E-state index contributed by atoms with van der Waals surface area (Å²) < 4.78 is 27.0. The molecule has 0 saturated heterocycles. The summed E-state index contributed by atoms with van der Waals surface area (Å²) >= 11 is 9.46. The molecule has 0 radical (unpaired) electrons. The molecule has 1 fully saturated rings. The molecule has 0 aromatic heterocycles. The van der Waals surface area contributed by atoms with Gasteiger partial charge in [0.2, 0.25) is 10.0 Å². The molecule has 0 amide bonds. The molecule has 2 unspecified atom stereocenters. The normalized spacial score (nSPS) is 24.3. The molecule has 3 nitrogen and oxygen atoms in total. The van der Waals surface area contributed by atoms with E-state index in [1.165, 1.54) is 18.9 Å². The molecular formula is C13H17BrClNO2S. The van der Waals surface area contributed by atoms with Crippen molar-refractivity contribution in [2.45, 2.75) is 35.4 Å². The Labute approximate surface area is 127 Å². The van der Waals surface area contributed by atoms with Crippen LogP contribution in [0.3, 0.4) is 0 Å². The number of hydrogen-bond donors (Lipinski definition) is 1. The number of nitrogens with one attached hydrogen (secondary N) is 1. The van der Waals surface area contributed by atoms with Crippen molar-refractivity contribution in [3.05, 3.63) is 29.3 Å². The van der Waals surface area contributed by atoms with Gasteiger partial charge in [-0.25, -0.2) is 13.1 Å². The van der Waals surface area contributed by atoms with E-state index in [1.807, 2.05) is 0 Å². The van der Waals surface area contributed by atoms with Crippen LogP contribution in [0.2, 0.25) is 5.02 Å². The second-order valence-electron chi connectivity index (χ2n) is 4.87. The smallest absolute Gasteiger partial charge is 0.211 e. The molecule has 1 aliphatic carbocycles. The third-order valence-electron chi connectivity index (χ3n) is 3.46. The average Bonchev–Trinajstić information content (AvgIpc) is 2.38. The molecule has 1 aromatic rings. The van der Waals surface area contributed by atoms with Gasteiger partial charge in [0, 0.05) is 16.4 Å². The van der Waals surface area contributed by atoms with Crippen molar-refractivity contribution in [3.8, 4) is 0 Å². The lowest BCUT2D eigenvalue weighted by Crippen LogP contribution is -2.34. The van der Waals surface area contributed by atoms with Gasteiger partial charge in [-0.1, -0.05) is 46.4 Å². The first kappa shape index (κ1) is 15.3. The molecule has 1 saturated carbocycles. The zero-order valence-electron chi connectivity index (χ0n) is 10.5. The van der Waals surface area contributed by atoms with Crippen molar-refractivity contribution in [3.63, 3.8) is 0 Å². The Bertz CT molecular complexity index is 535. The van der Waals surface area contributed by atoms with Crippen molar-refractivity contribution in [2.24, 2.45) is 5.92 Å².